The highest BCUT2D eigenvalue weighted by Crippen LogP contribution is 2.22. The zero-order valence-electron chi connectivity index (χ0n) is 17.4. The molecule has 2 heterocycles. The summed E-state index contributed by atoms with van der Waals surface area (Å²) in [5.41, 5.74) is 0.653. The maximum Gasteiger partial charge on any atom is 0.322 e. The van der Waals surface area contributed by atoms with Crippen LogP contribution in [0.1, 0.15) is 44.0 Å². The summed E-state index contributed by atoms with van der Waals surface area (Å²) in [4.78, 5) is 41.4. The van der Waals surface area contributed by atoms with Crippen LogP contribution >= 0.6 is 0 Å². The third-order valence-corrected chi connectivity index (χ3v) is 4.99. The summed E-state index contributed by atoms with van der Waals surface area (Å²) in [5, 5.41) is 5.75. The van der Waals surface area contributed by atoms with E-state index in [4.69, 9.17) is 4.74 Å². The summed E-state index contributed by atoms with van der Waals surface area (Å²) in [6.07, 6.45) is 1.46. The minimum atomic E-state index is -0.444. The molecule has 0 aliphatic carbocycles. The lowest BCUT2D eigenvalue weighted by Crippen LogP contribution is -2.51. The second-order valence-corrected chi connectivity index (χ2v) is 8.50. The second-order valence-electron chi connectivity index (χ2n) is 8.50. The van der Waals surface area contributed by atoms with Crippen molar-refractivity contribution < 1.29 is 19.1 Å². The van der Waals surface area contributed by atoms with Crippen molar-refractivity contribution in [3.63, 3.8) is 0 Å². The van der Waals surface area contributed by atoms with Gasteiger partial charge in [-0.1, -0.05) is 6.07 Å². The van der Waals surface area contributed by atoms with E-state index in [1.54, 1.807) is 34.1 Å². The normalized spacial score (nSPS) is 19.8. The number of nitrogens with zero attached hydrogens (tertiary/aromatic N) is 2. The predicted molar refractivity (Wildman–Crippen MR) is 110 cm³/mol. The van der Waals surface area contributed by atoms with Crippen molar-refractivity contribution in [1.29, 1.82) is 0 Å². The Balaban J connectivity index is 1.65. The number of nitrogens with one attached hydrogen (secondary N) is 2. The van der Waals surface area contributed by atoms with Gasteiger partial charge in [-0.2, -0.15) is 0 Å². The first kappa shape index (κ1) is 21.1. The van der Waals surface area contributed by atoms with Gasteiger partial charge in [-0.15, -0.1) is 0 Å². The number of likely N-dealkylation sites (tertiary alicyclic amines) is 1. The molecule has 1 aromatic rings. The molecule has 0 saturated carbocycles. The Kier molecular flexibility index (Phi) is 6.42. The van der Waals surface area contributed by atoms with E-state index in [2.05, 4.69) is 10.6 Å². The van der Waals surface area contributed by atoms with Crippen LogP contribution in [0.5, 0.6) is 0 Å². The molecule has 158 valence electrons. The maximum absolute atomic E-state index is 12.8. The molecular formula is C21H30N4O4. The average molecular weight is 402 g/mol. The molecular weight excluding hydrogens is 372 g/mol. The van der Waals surface area contributed by atoms with E-state index in [0.717, 1.165) is 6.42 Å². The fourth-order valence-electron chi connectivity index (χ4n) is 3.61. The molecule has 2 N–H and O–H groups in total. The first-order valence-corrected chi connectivity index (χ1v) is 10.1. The second kappa shape index (κ2) is 8.82. The zero-order valence-corrected chi connectivity index (χ0v) is 17.4. The Hall–Kier alpha value is -2.61. The van der Waals surface area contributed by atoms with Gasteiger partial charge in [0, 0.05) is 36.4 Å². The molecule has 1 atom stereocenters. The minimum absolute atomic E-state index is 0.0146. The maximum atomic E-state index is 12.8. The Labute approximate surface area is 171 Å². The number of hydrogen-bond donors (Lipinski definition) is 2. The molecule has 4 amide bonds. The van der Waals surface area contributed by atoms with Crippen molar-refractivity contribution >= 4 is 23.5 Å². The molecule has 3 rings (SSSR count). The van der Waals surface area contributed by atoms with Gasteiger partial charge in [0.05, 0.1) is 13.2 Å². The van der Waals surface area contributed by atoms with Gasteiger partial charge >= 0.3 is 6.03 Å². The van der Waals surface area contributed by atoms with Crippen molar-refractivity contribution in [1.82, 2.24) is 15.1 Å². The van der Waals surface area contributed by atoms with Crippen LogP contribution in [-0.4, -0.2) is 72.1 Å². The summed E-state index contributed by atoms with van der Waals surface area (Å²) < 4.78 is 5.31. The van der Waals surface area contributed by atoms with E-state index < -0.39 is 6.04 Å². The number of hydrogen-bond acceptors (Lipinski definition) is 4. The van der Waals surface area contributed by atoms with Crippen LogP contribution in [0.2, 0.25) is 0 Å². The van der Waals surface area contributed by atoms with Crippen LogP contribution in [0.25, 0.3) is 0 Å². The monoisotopic (exact) mass is 402 g/mol. The van der Waals surface area contributed by atoms with E-state index in [0.29, 0.717) is 50.5 Å². The highest BCUT2D eigenvalue weighted by atomic mass is 16.5. The number of carbonyl (C=O) groups is 3. The molecule has 8 heteroatoms. The molecule has 29 heavy (non-hydrogen) atoms. The summed E-state index contributed by atoms with van der Waals surface area (Å²) in [6, 6.07) is 6.06. The van der Waals surface area contributed by atoms with Crippen LogP contribution in [-0.2, 0) is 9.53 Å². The Morgan fingerprint density at radius 2 is 1.83 bits per heavy atom. The van der Waals surface area contributed by atoms with Gasteiger partial charge in [0.15, 0.2) is 0 Å². The van der Waals surface area contributed by atoms with Gasteiger partial charge < -0.3 is 25.2 Å². The lowest BCUT2D eigenvalue weighted by atomic mass is 10.1. The first-order valence-electron chi connectivity index (χ1n) is 10.1. The van der Waals surface area contributed by atoms with Crippen molar-refractivity contribution in [2.75, 3.05) is 38.2 Å². The first-order chi connectivity index (χ1) is 13.7. The molecule has 0 spiro atoms. The Morgan fingerprint density at radius 1 is 1.10 bits per heavy atom. The molecule has 0 radical (unpaired) electrons. The van der Waals surface area contributed by atoms with Gasteiger partial charge in [0.2, 0.25) is 5.91 Å². The van der Waals surface area contributed by atoms with E-state index >= 15 is 0 Å². The molecule has 0 bridgehead atoms. The minimum Gasteiger partial charge on any atom is -0.378 e. The summed E-state index contributed by atoms with van der Waals surface area (Å²) in [7, 11) is 0. The van der Waals surface area contributed by atoms with E-state index in [9.17, 15) is 14.4 Å². The number of benzene rings is 1. The third kappa shape index (κ3) is 5.47. The van der Waals surface area contributed by atoms with Crippen molar-refractivity contribution in [2.24, 2.45) is 0 Å². The molecule has 2 aliphatic rings. The summed E-state index contributed by atoms with van der Waals surface area (Å²) >= 11 is 0. The number of rotatable bonds is 3. The molecule has 1 aromatic carbocycles. The standard InChI is InChI=1S/C21H30N4O4/c1-21(2,3)23-18(26)15-6-4-7-16(14-15)22-20(28)25-9-5-8-17(25)19(27)24-10-12-29-13-11-24/h4,6-7,14,17H,5,8-13H2,1-3H3,(H,22,28)(H,23,26)/t17-/m1/s1. The van der Waals surface area contributed by atoms with Crippen LogP contribution in [0, 0.1) is 0 Å². The van der Waals surface area contributed by atoms with Gasteiger partial charge in [-0.25, -0.2) is 4.79 Å². The fraction of sp³-hybridized carbons (Fsp3) is 0.571. The third-order valence-electron chi connectivity index (χ3n) is 4.99. The van der Waals surface area contributed by atoms with Crippen molar-refractivity contribution in [2.45, 2.75) is 45.2 Å². The van der Waals surface area contributed by atoms with E-state index in [1.807, 2.05) is 20.8 Å². The number of urea groups is 1. The smallest absolute Gasteiger partial charge is 0.322 e. The van der Waals surface area contributed by atoms with Crippen LogP contribution in [0.3, 0.4) is 0 Å². The molecule has 8 nitrogen and oxygen atoms in total. The number of morpholine rings is 1. The fourth-order valence-corrected chi connectivity index (χ4v) is 3.61. The predicted octanol–water partition coefficient (Wildman–Crippen LogP) is 2.07. The van der Waals surface area contributed by atoms with Crippen molar-refractivity contribution in [3.05, 3.63) is 29.8 Å². The quantitative estimate of drug-likeness (QED) is 0.810. The SMILES string of the molecule is CC(C)(C)NC(=O)c1cccc(NC(=O)N2CCC[C@@H]2C(=O)N2CCOCC2)c1. The highest BCUT2D eigenvalue weighted by molar-refractivity contribution is 5.98. The highest BCUT2D eigenvalue weighted by Gasteiger charge is 2.37. The van der Waals surface area contributed by atoms with Crippen molar-refractivity contribution in [3.8, 4) is 0 Å². The number of amides is 4. The number of carbonyl (C=O) groups excluding carboxylic acids is 3. The van der Waals surface area contributed by atoms with Crippen LogP contribution in [0.15, 0.2) is 24.3 Å². The molecule has 2 saturated heterocycles. The largest absolute Gasteiger partial charge is 0.378 e. The lowest BCUT2D eigenvalue weighted by Gasteiger charge is -2.32. The molecule has 2 aliphatic heterocycles. The van der Waals surface area contributed by atoms with E-state index in [-0.39, 0.29) is 23.4 Å². The lowest BCUT2D eigenvalue weighted by molar-refractivity contribution is -0.139. The van der Waals surface area contributed by atoms with Gasteiger partial charge in [-0.3, -0.25) is 9.59 Å². The van der Waals surface area contributed by atoms with E-state index in [1.165, 1.54) is 0 Å². The van der Waals surface area contributed by atoms with Crippen LogP contribution in [0.4, 0.5) is 10.5 Å². The zero-order chi connectivity index (χ0) is 21.0. The molecule has 0 unspecified atom stereocenters. The number of anilines is 1. The van der Waals surface area contributed by atoms with Crippen LogP contribution < -0.4 is 10.6 Å². The van der Waals surface area contributed by atoms with Gasteiger partial charge in [-0.05, 0) is 51.8 Å². The van der Waals surface area contributed by atoms with Gasteiger partial charge in [0.25, 0.3) is 5.91 Å². The summed E-state index contributed by atoms with van der Waals surface area (Å²) in [5.74, 6) is -0.214. The molecule has 0 aromatic heterocycles. The molecule has 2 fully saturated rings. The Bertz CT molecular complexity index is 768. The topological polar surface area (TPSA) is 91.0 Å². The Morgan fingerprint density at radius 3 is 2.52 bits per heavy atom. The van der Waals surface area contributed by atoms with Gasteiger partial charge in [0.1, 0.15) is 6.04 Å². The average Bonchev–Trinajstić information content (AvgIpc) is 3.17. The number of ether oxygens (including phenoxy) is 1. The summed E-state index contributed by atoms with van der Waals surface area (Å²) in [6.45, 7) is 8.48.